The Balaban J connectivity index is 3.14. The highest BCUT2D eigenvalue weighted by Crippen LogP contribution is 2.27. The molecule has 1 aromatic heterocycles. The SMILES string of the molecule is NCc1c(OC(F)(F)F)cnc(F)c1F. The average Bonchev–Trinajstić information content (AvgIpc) is 2.10. The molecule has 1 aromatic rings. The second-order valence-corrected chi connectivity index (χ2v) is 2.46. The zero-order valence-corrected chi connectivity index (χ0v) is 7.11. The molecule has 0 bridgehead atoms. The third-order valence-corrected chi connectivity index (χ3v) is 1.47. The Hall–Kier alpha value is -1.44. The van der Waals surface area contributed by atoms with Crippen molar-refractivity contribution in [3.63, 3.8) is 0 Å². The van der Waals surface area contributed by atoms with E-state index in [0.29, 0.717) is 6.20 Å². The average molecular weight is 228 g/mol. The number of hydrogen-bond acceptors (Lipinski definition) is 3. The van der Waals surface area contributed by atoms with Gasteiger partial charge in [-0.15, -0.1) is 13.2 Å². The van der Waals surface area contributed by atoms with E-state index in [2.05, 4.69) is 9.72 Å². The molecule has 2 N–H and O–H groups in total. The lowest BCUT2D eigenvalue weighted by Gasteiger charge is -2.12. The van der Waals surface area contributed by atoms with Crippen molar-refractivity contribution in [3.05, 3.63) is 23.5 Å². The largest absolute Gasteiger partial charge is 0.573 e. The summed E-state index contributed by atoms with van der Waals surface area (Å²) in [6.07, 6.45) is -4.58. The highest BCUT2D eigenvalue weighted by Gasteiger charge is 2.33. The first-order valence-corrected chi connectivity index (χ1v) is 3.64. The van der Waals surface area contributed by atoms with Gasteiger partial charge >= 0.3 is 6.36 Å². The molecular weight excluding hydrogens is 223 g/mol. The van der Waals surface area contributed by atoms with E-state index in [4.69, 9.17) is 5.73 Å². The van der Waals surface area contributed by atoms with Gasteiger partial charge in [0.2, 0.25) is 5.95 Å². The molecule has 0 radical (unpaired) electrons. The number of nitrogens with zero attached hydrogens (tertiary/aromatic N) is 1. The summed E-state index contributed by atoms with van der Waals surface area (Å²) in [5.41, 5.74) is 4.25. The summed E-state index contributed by atoms with van der Waals surface area (Å²) in [6, 6.07) is 0. The van der Waals surface area contributed by atoms with Crippen LogP contribution in [0.5, 0.6) is 5.75 Å². The minimum absolute atomic E-state index is 0.425. The Morgan fingerprint density at radius 1 is 1.33 bits per heavy atom. The summed E-state index contributed by atoms with van der Waals surface area (Å²) in [5.74, 6) is -4.01. The molecule has 8 heteroatoms. The predicted molar refractivity (Wildman–Crippen MR) is 38.7 cm³/mol. The first kappa shape index (κ1) is 11.6. The van der Waals surface area contributed by atoms with E-state index in [0.717, 1.165) is 0 Å². The van der Waals surface area contributed by atoms with Gasteiger partial charge in [0.1, 0.15) is 0 Å². The molecular formula is C7H5F5N2O. The lowest BCUT2D eigenvalue weighted by Crippen LogP contribution is -2.20. The van der Waals surface area contributed by atoms with E-state index in [1.54, 1.807) is 0 Å². The number of ether oxygens (including phenoxy) is 1. The van der Waals surface area contributed by atoms with Gasteiger partial charge in [-0.25, -0.2) is 9.37 Å². The van der Waals surface area contributed by atoms with Crippen molar-refractivity contribution in [1.82, 2.24) is 4.98 Å². The van der Waals surface area contributed by atoms with Crippen LogP contribution >= 0.6 is 0 Å². The van der Waals surface area contributed by atoms with Gasteiger partial charge in [-0.2, -0.15) is 4.39 Å². The zero-order chi connectivity index (χ0) is 11.6. The van der Waals surface area contributed by atoms with Crippen molar-refractivity contribution in [2.45, 2.75) is 12.9 Å². The standard InChI is InChI=1S/C7H5F5N2O/c8-5-3(1-13)4(2-14-6(5)9)15-7(10,11)12/h2H,1,13H2. The maximum atomic E-state index is 12.9. The molecule has 0 aliphatic carbocycles. The highest BCUT2D eigenvalue weighted by molar-refractivity contribution is 5.31. The second-order valence-electron chi connectivity index (χ2n) is 2.46. The summed E-state index contributed by atoms with van der Waals surface area (Å²) in [5, 5.41) is 0. The van der Waals surface area contributed by atoms with Gasteiger partial charge in [-0.3, -0.25) is 0 Å². The first-order chi connectivity index (χ1) is 6.85. The number of alkyl halides is 3. The van der Waals surface area contributed by atoms with E-state index in [-0.39, 0.29) is 0 Å². The molecule has 0 atom stereocenters. The van der Waals surface area contributed by atoms with Gasteiger partial charge in [-0.1, -0.05) is 0 Å². The molecule has 0 amide bonds. The smallest absolute Gasteiger partial charge is 0.404 e. The maximum absolute atomic E-state index is 12.9. The number of rotatable bonds is 2. The molecule has 0 saturated carbocycles. The maximum Gasteiger partial charge on any atom is 0.573 e. The Morgan fingerprint density at radius 3 is 2.40 bits per heavy atom. The molecule has 0 unspecified atom stereocenters. The summed E-state index contributed by atoms with van der Waals surface area (Å²) in [7, 11) is 0. The number of halogens is 5. The monoisotopic (exact) mass is 228 g/mol. The van der Waals surface area contributed by atoms with Crippen molar-refractivity contribution in [1.29, 1.82) is 0 Å². The fourth-order valence-electron chi connectivity index (χ4n) is 0.885. The van der Waals surface area contributed by atoms with Crippen LogP contribution in [0.25, 0.3) is 0 Å². The molecule has 84 valence electrons. The van der Waals surface area contributed by atoms with Crippen molar-refractivity contribution in [3.8, 4) is 5.75 Å². The van der Waals surface area contributed by atoms with Crippen molar-refractivity contribution in [2.24, 2.45) is 5.73 Å². The molecule has 1 heterocycles. The molecule has 0 saturated heterocycles. The minimum atomic E-state index is -5.00. The summed E-state index contributed by atoms with van der Waals surface area (Å²) in [6.45, 7) is -0.628. The van der Waals surface area contributed by atoms with Crippen LogP contribution in [0.1, 0.15) is 5.56 Å². The van der Waals surface area contributed by atoms with Crippen molar-refractivity contribution < 1.29 is 26.7 Å². The Morgan fingerprint density at radius 2 is 1.93 bits per heavy atom. The number of pyridine rings is 1. The van der Waals surface area contributed by atoms with Gasteiger partial charge in [0.25, 0.3) is 0 Å². The fourth-order valence-corrected chi connectivity index (χ4v) is 0.885. The molecule has 15 heavy (non-hydrogen) atoms. The summed E-state index contributed by atoms with van der Waals surface area (Å²) < 4.78 is 64.1. The Labute approximate surface area is 80.7 Å². The van der Waals surface area contributed by atoms with E-state index < -0.39 is 36.0 Å². The van der Waals surface area contributed by atoms with Gasteiger partial charge in [0, 0.05) is 6.54 Å². The van der Waals surface area contributed by atoms with E-state index in [1.807, 2.05) is 0 Å². The topological polar surface area (TPSA) is 48.1 Å². The normalized spacial score (nSPS) is 11.6. The van der Waals surface area contributed by atoms with Gasteiger partial charge in [0.05, 0.1) is 11.8 Å². The molecule has 0 spiro atoms. The molecule has 0 fully saturated rings. The number of hydrogen-bond donors (Lipinski definition) is 1. The van der Waals surface area contributed by atoms with Crippen LogP contribution in [0.4, 0.5) is 22.0 Å². The van der Waals surface area contributed by atoms with Crippen molar-refractivity contribution in [2.75, 3.05) is 0 Å². The van der Waals surface area contributed by atoms with Crippen LogP contribution < -0.4 is 10.5 Å². The lowest BCUT2D eigenvalue weighted by molar-refractivity contribution is -0.275. The molecule has 1 rings (SSSR count). The first-order valence-electron chi connectivity index (χ1n) is 3.64. The fraction of sp³-hybridized carbons (Fsp3) is 0.286. The second kappa shape index (κ2) is 3.97. The lowest BCUT2D eigenvalue weighted by atomic mass is 10.2. The minimum Gasteiger partial charge on any atom is -0.404 e. The van der Waals surface area contributed by atoms with Gasteiger partial charge in [-0.05, 0) is 0 Å². The van der Waals surface area contributed by atoms with E-state index in [1.165, 1.54) is 0 Å². The highest BCUT2D eigenvalue weighted by atomic mass is 19.4. The third-order valence-electron chi connectivity index (χ3n) is 1.47. The van der Waals surface area contributed by atoms with Crippen LogP contribution in [-0.4, -0.2) is 11.3 Å². The molecule has 3 nitrogen and oxygen atoms in total. The van der Waals surface area contributed by atoms with E-state index in [9.17, 15) is 22.0 Å². The van der Waals surface area contributed by atoms with Crippen LogP contribution in [0.15, 0.2) is 6.20 Å². The van der Waals surface area contributed by atoms with Crippen LogP contribution in [0, 0.1) is 11.8 Å². The number of nitrogens with two attached hydrogens (primary N) is 1. The van der Waals surface area contributed by atoms with Crippen LogP contribution in [-0.2, 0) is 6.54 Å². The Kier molecular flexibility index (Phi) is 3.08. The molecule has 0 aliphatic rings. The zero-order valence-electron chi connectivity index (χ0n) is 7.11. The van der Waals surface area contributed by atoms with Crippen LogP contribution in [0.3, 0.4) is 0 Å². The molecule has 0 aliphatic heterocycles. The van der Waals surface area contributed by atoms with Gasteiger partial charge < -0.3 is 10.5 Å². The number of aromatic nitrogens is 1. The van der Waals surface area contributed by atoms with Gasteiger partial charge in [0.15, 0.2) is 11.6 Å². The summed E-state index contributed by atoms with van der Waals surface area (Å²) in [4.78, 5) is 2.75. The summed E-state index contributed by atoms with van der Waals surface area (Å²) >= 11 is 0. The predicted octanol–water partition coefficient (Wildman–Crippen LogP) is 1.72. The molecule has 0 aromatic carbocycles. The quantitative estimate of drug-likeness (QED) is 0.619. The van der Waals surface area contributed by atoms with E-state index >= 15 is 0 Å². The van der Waals surface area contributed by atoms with Crippen LogP contribution in [0.2, 0.25) is 0 Å². The third kappa shape index (κ3) is 2.75. The van der Waals surface area contributed by atoms with Crippen molar-refractivity contribution >= 4 is 0 Å². The Bertz CT molecular complexity index is 365.